The van der Waals surface area contributed by atoms with E-state index in [1.54, 1.807) is 43.5 Å². The fourth-order valence-corrected chi connectivity index (χ4v) is 1.87. The number of ether oxygens (including phenoxy) is 1. The van der Waals surface area contributed by atoms with Crippen LogP contribution in [0.15, 0.2) is 41.2 Å². The van der Waals surface area contributed by atoms with E-state index in [0.717, 1.165) is 5.56 Å². The molecule has 0 spiro atoms. The molecule has 0 aliphatic rings. The molecule has 0 bridgehead atoms. The Morgan fingerprint density at radius 3 is 2.55 bits per heavy atom. The zero-order valence-corrected chi connectivity index (χ0v) is 11.0. The third-order valence-electron chi connectivity index (χ3n) is 3.00. The summed E-state index contributed by atoms with van der Waals surface area (Å²) in [7, 11) is 1.58. The van der Waals surface area contributed by atoms with Crippen LogP contribution in [0, 0.1) is 11.3 Å². The summed E-state index contributed by atoms with van der Waals surface area (Å²) in [5, 5.41) is 18.8. The molecule has 0 aliphatic heterocycles. The number of aromatic nitrogens is 1. The Morgan fingerprint density at radius 2 is 2.00 bits per heavy atom. The van der Waals surface area contributed by atoms with Crippen LogP contribution in [-0.2, 0) is 6.42 Å². The van der Waals surface area contributed by atoms with Gasteiger partial charge in [-0.3, -0.25) is 4.79 Å². The van der Waals surface area contributed by atoms with E-state index in [1.807, 2.05) is 0 Å². The summed E-state index contributed by atoms with van der Waals surface area (Å²) in [5.41, 5.74) is 0.938. The van der Waals surface area contributed by atoms with Gasteiger partial charge >= 0.3 is 0 Å². The van der Waals surface area contributed by atoms with Gasteiger partial charge in [-0.15, -0.1) is 0 Å². The molecule has 20 heavy (non-hydrogen) atoms. The Labute approximate surface area is 116 Å². The highest BCUT2D eigenvalue weighted by Crippen LogP contribution is 2.20. The van der Waals surface area contributed by atoms with Crippen LogP contribution in [-0.4, -0.2) is 17.2 Å². The minimum Gasteiger partial charge on any atom is -0.497 e. The molecule has 0 aliphatic carbocycles. The molecule has 1 aromatic heterocycles. The maximum Gasteiger partial charge on any atom is 0.266 e. The van der Waals surface area contributed by atoms with E-state index in [9.17, 15) is 9.90 Å². The number of pyridine rings is 1. The normalized spacial score (nSPS) is 11.7. The van der Waals surface area contributed by atoms with Crippen LogP contribution in [0.3, 0.4) is 0 Å². The average Bonchev–Trinajstić information content (AvgIpc) is 2.47. The average molecular weight is 270 g/mol. The summed E-state index contributed by atoms with van der Waals surface area (Å²) in [6.07, 6.45) is -0.461. The molecule has 0 amide bonds. The van der Waals surface area contributed by atoms with Gasteiger partial charge in [0.05, 0.1) is 13.2 Å². The third kappa shape index (κ3) is 3.05. The predicted molar refractivity (Wildman–Crippen MR) is 73.4 cm³/mol. The number of aromatic amines is 1. The monoisotopic (exact) mass is 270 g/mol. The Morgan fingerprint density at radius 1 is 1.30 bits per heavy atom. The van der Waals surface area contributed by atoms with Crippen molar-refractivity contribution < 1.29 is 9.84 Å². The number of aliphatic hydroxyl groups is 1. The number of hydrogen-bond donors (Lipinski definition) is 2. The molecular formula is C15H14N2O3. The van der Waals surface area contributed by atoms with E-state index in [1.165, 1.54) is 6.07 Å². The summed E-state index contributed by atoms with van der Waals surface area (Å²) in [6, 6.07) is 12.0. The van der Waals surface area contributed by atoms with Crippen LogP contribution in [0.1, 0.15) is 22.9 Å². The van der Waals surface area contributed by atoms with Crippen molar-refractivity contribution in [1.29, 1.82) is 5.26 Å². The molecule has 0 radical (unpaired) electrons. The summed E-state index contributed by atoms with van der Waals surface area (Å²) in [6.45, 7) is 0. The van der Waals surface area contributed by atoms with Gasteiger partial charge in [0.15, 0.2) is 0 Å². The minimum atomic E-state index is -0.732. The van der Waals surface area contributed by atoms with Gasteiger partial charge < -0.3 is 14.8 Å². The first-order chi connectivity index (χ1) is 9.63. The molecule has 102 valence electrons. The van der Waals surface area contributed by atoms with Crippen LogP contribution >= 0.6 is 0 Å². The second-order valence-corrected chi connectivity index (χ2v) is 4.33. The Bertz CT molecular complexity index is 684. The summed E-state index contributed by atoms with van der Waals surface area (Å²) in [4.78, 5) is 14.1. The number of methoxy groups -OCH3 is 1. The predicted octanol–water partition coefficient (Wildman–Crippen LogP) is 1.53. The number of nitrogens with one attached hydrogen (secondary N) is 1. The summed E-state index contributed by atoms with van der Waals surface area (Å²) >= 11 is 0. The van der Waals surface area contributed by atoms with Gasteiger partial charge in [0.25, 0.3) is 5.56 Å². The molecule has 1 aromatic carbocycles. The molecule has 1 unspecified atom stereocenters. The van der Waals surface area contributed by atoms with E-state index < -0.39 is 11.7 Å². The molecule has 2 rings (SSSR count). The van der Waals surface area contributed by atoms with Gasteiger partial charge in [0, 0.05) is 12.1 Å². The van der Waals surface area contributed by atoms with Crippen LogP contribution in [0.5, 0.6) is 5.75 Å². The maximum atomic E-state index is 11.5. The van der Waals surface area contributed by atoms with Gasteiger partial charge in [-0.25, -0.2) is 0 Å². The maximum absolute atomic E-state index is 11.5. The van der Waals surface area contributed by atoms with Crippen molar-refractivity contribution in [2.24, 2.45) is 0 Å². The Hall–Kier alpha value is -2.58. The van der Waals surface area contributed by atoms with Crippen molar-refractivity contribution in [3.63, 3.8) is 0 Å². The van der Waals surface area contributed by atoms with E-state index >= 15 is 0 Å². The molecule has 5 heteroatoms. The van der Waals surface area contributed by atoms with Crippen molar-refractivity contribution >= 4 is 0 Å². The van der Waals surface area contributed by atoms with Crippen LogP contribution in [0.2, 0.25) is 0 Å². The molecule has 0 fully saturated rings. The molecule has 0 saturated carbocycles. The zero-order chi connectivity index (χ0) is 14.5. The summed E-state index contributed by atoms with van der Waals surface area (Å²) in [5.74, 6) is 0.715. The smallest absolute Gasteiger partial charge is 0.266 e. The van der Waals surface area contributed by atoms with Gasteiger partial charge in [0.1, 0.15) is 17.4 Å². The fraction of sp³-hybridized carbons (Fsp3) is 0.200. The van der Waals surface area contributed by atoms with Crippen molar-refractivity contribution in [3.05, 3.63) is 63.6 Å². The number of aliphatic hydroxyl groups excluding tert-OH is 1. The van der Waals surface area contributed by atoms with Crippen LogP contribution in [0.25, 0.3) is 0 Å². The van der Waals surface area contributed by atoms with Crippen molar-refractivity contribution in [1.82, 2.24) is 4.98 Å². The lowest BCUT2D eigenvalue weighted by molar-refractivity contribution is 0.177. The number of rotatable bonds is 4. The number of hydrogen-bond acceptors (Lipinski definition) is 4. The van der Waals surface area contributed by atoms with Gasteiger partial charge in [-0.1, -0.05) is 12.1 Å². The minimum absolute atomic E-state index is 0.0627. The SMILES string of the molecule is COc1ccc(C(O)Cc2ccc(C#N)c(=O)[nH]2)cc1. The molecule has 1 atom stereocenters. The molecule has 1 heterocycles. The summed E-state index contributed by atoms with van der Waals surface area (Å²) < 4.78 is 5.05. The molecule has 2 aromatic rings. The highest BCUT2D eigenvalue weighted by atomic mass is 16.5. The van der Waals surface area contributed by atoms with Gasteiger partial charge in [-0.2, -0.15) is 5.26 Å². The number of nitrogens with zero attached hydrogens (tertiary/aromatic N) is 1. The largest absolute Gasteiger partial charge is 0.497 e. The van der Waals surface area contributed by atoms with Crippen LogP contribution < -0.4 is 10.3 Å². The van der Waals surface area contributed by atoms with Crippen molar-refractivity contribution in [3.8, 4) is 11.8 Å². The van der Waals surface area contributed by atoms with Crippen molar-refractivity contribution in [2.45, 2.75) is 12.5 Å². The van der Waals surface area contributed by atoms with Crippen molar-refractivity contribution in [2.75, 3.05) is 7.11 Å². The molecule has 2 N–H and O–H groups in total. The molecule has 0 saturated heterocycles. The van der Waals surface area contributed by atoms with E-state index in [0.29, 0.717) is 11.4 Å². The Balaban J connectivity index is 2.14. The quantitative estimate of drug-likeness (QED) is 0.882. The standard InChI is InChI=1S/C15H14N2O3/c1-20-13-6-3-10(4-7-13)14(18)8-12-5-2-11(9-16)15(19)17-12/h2-7,14,18H,8H2,1H3,(H,17,19). The highest BCUT2D eigenvalue weighted by molar-refractivity contribution is 5.30. The number of nitriles is 1. The van der Waals surface area contributed by atoms with Crippen LogP contribution in [0.4, 0.5) is 0 Å². The lowest BCUT2D eigenvalue weighted by Crippen LogP contribution is -2.14. The second-order valence-electron chi connectivity index (χ2n) is 4.33. The lowest BCUT2D eigenvalue weighted by Gasteiger charge is -2.11. The highest BCUT2D eigenvalue weighted by Gasteiger charge is 2.10. The fourth-order valence-electron chi connectivity index (χ4n) is 1.87. The van der Waals surface area contributed by atoms with Gasteiger partial charge in [-0.05, 0) is 29.8 Å². The Kier molecular flexibility index (Phi) is 4.18. The lowest BCUT2D eigenvalue weighted by atomic mass is 10.0. The van der Waals surface area contributed by atoms with E-state index in [4.69, 9.17) is 10.00 Å². The van der Waals surface area contributed by atoms with E-state index in [2.05, 4.69) is 4.98 Å². The first-order valence-corrected chi connectivity index (χ1v) is 6.08. The second kappa shape index (κ2) is 6.04. The first kappa shape index (κ1) is 13.8. The third-order valence-corrected chi connectivity index (χ3v) is 3.00. The topological polar surface area (TPSA) is 86.1 Å². The molecule has 5 nitrogen and oxygen atoms in total. The molecular weight excluding hydrogens is 256 g/mol. The first-order valence-electron chi connectivity index (χ1n) is 6.08. The number of benzene rings is 1. The van der Waals surface area contributed by atoms with E-state index in [-0.39, 0.29) is 12.0 Å². The zero-order valence-electron chi connectivity index (χ0n) is 11.0. The van der Waals surface area contributed by atoms with Gasteiger partial charge in [0.2, 0.25) is 0 Å². The number of H-pyrrole nitrogens is 1.